The number of hydrogen-bond acceptors (Lipinski definition) is 4. The number of hydrogen-bond donors (Lipinski definition) is 1. The van der Waals surface area contributed by atoms with Crippen molar-refractivity contribution in [2.45, 2.75) is 63.8 Å². The Bertz CT molecular complexity index is 654. The maximum Gasteiger partial charge on any atom is 0.410 e. The van der Waals surface area contributed by atoms with Crippen LogP contribution in [0.5, 0.6) is 0 Å². The smallest absolute Gasteiger partial charge is 0.381 e. The highest BCUT2D eigenvalue weighted by atomic mass is 19.4. The Morgan fingerprint density at radius 3 is 2.81 bits per heavy atom. The number of likely N-dealkylation sites (tertiary alicyclic amines) is 1. The summed E-state index contributed by atoms with van der Waals surface area (Å²) in [4.78, 5) is 2.39. The van der Waals surface area contributed by atoms with Crippen molar-refractivity contribution in [3.63, 3.8) is 0 Å². The maximum absolute atomic E-state index is 13.7. The summed E-state index contributed by atoms with van der Waals surface area (Å²) in [5, 5.41) is 7.75. The summed E-state index contributed by atoms with van der Waals surface area (Å²) >= 11 is 0. The monoisotopic (exact) mass is 386 g/mol. The molecule has 8 heteroatoms. The molecule has 2 unspecified atom stereocenters. The van der Waals surface area contributed by atoms with Gasteiger partial charge in [0.25, 0.3) is 0 Å². The third kappa shape index (κ3) is 3.83. The normalized spacial score (nSPS) is 32.1. The topological polar surface area (TPSA) is 42.3 Å². The van der Waals surface area contributed by atoms with Gasteiger partial charge >= 0.3 is 6.18 Å². The van der Waals surface area contributed by atoms with Crippen LogP contribution in [0.2, 0.25) is 0 Å². The van der Waals surface area contributed by atoms with E-state index >= 15 is 0 Å². The molecule has 1 aromatic rings. The number of nitrogens with zero attached hydrogens (tertiary/aromatic N) is 3. The fourth-order valence-corrected chi connectivity index (χ4v) is 4.66. The van der Waals surface area contributed by atoms with E-state index in [2.05, 4.69) is 15.3 Å². The zero-order chi connectivity index (χ0) is 19.2. The average Bonchev–Trinajstić information content (AvgIpc) is 3.33. The molecule has 0 saturated carbocycles. The van der Waals surface area contributed by atoms with Gasteiger partial charge in [0, 0.05) is 25.3 Å². The lowest BCUT2D eigenvalue weighted by Gasteiger charge is -2.35. The molecule has 0 aliphatic carbocycles. The molecule has 5 nitrogen and oxygen atoms in total. The Balaban J connectivity index is 1.58. The molecule has 3 aliphatic heterocycles. The first-order valence-corrected chi connectivity index (χ1v) is 10.1. The minimum absolute atomic E-state index is 0.0308. The van der Waals surface area contributed by atoms with Crippen LogP contribution >= 0.6 is 0 Å². The third-order valence-electron chi connectivity index (χ3n) is 6.26. The molecule has 0 spiro atoms. The molecule has 27 heavy (non-hydrogen) atoms. The second-order valence-electron chi connectivity index (χ2n) is 8.57. The molecule has 2 fully saturated rings. The molecule has 0 amide bonds. The van der Waals surface area contributed by atoms with E-state index in [9.17, 15) is 13.2 Å². The molecule has 0 aromatic carbocycles. The highest BCUT2D eigenvalue weighted by molar-refractivity contribution is 5.42. The first kappa shape index (κ1) is 19.1. The van der Waals surface area contributed by atoms with E-state index in [1.807, 2.05) is 19.9 Å². The van der Waals surface area contributed by atoms with Crippen LogP contribution in [0.4, 0.5) is 19.0 Å². The van der Waals surface area contributed by atoms with Crippen molar-refractivity contribution in [3.8, 4) is 0 Å². The number of fused-ring (bicyclic) bond motifs is 1. The van der Waals surface area contributed by atoms with Crippen molar-refractivity contribution >= 4 is 5.82 Å². The van der Waals surface area contributed by atoms with E-state index in [0.29, 0.717) is 11.7 Å². The molecular weight excluding hydrogens is 357 g/mol. The standard InChI is InChI=1S/C19H29F3N4O/c1-12(2)14-8-17(19(20,21)22)26-18(23-14)9-15(24-26)16-4-3-6-25(16)10-13-5-7-27-11-13/h9,12-14,16-17,23H,3-8,10-11H2,1-2H3/t13?,14-,16?,17+/m0/s1. The summed E-state index contributed by atoms with van der Waals surface area (Å²) < 4.78 is 47.7. The number of rotatable bonds is 4. The quantitative estimate of drug-likeness (QED) is 0.849. The number of anilines is 1. The first-order chi connectivity index (χ1) is 12.8. The van der Waals surface area contributed by atoms with Crippen LogP contribution in [-0.2, 0) is 4.74 Å². The number of alkyl halides is 3. The van der Waals surface area contributed by atoms with Crippen LogP contribution in [0.3, 0.4) is 0 Å². The van der Waals surface area contributed by atoms with Crippen LogP contribution in [-0.4, -0.2) is 53.2 Å². The Hall–Kier alpha value is -1.28. The van der Waals surface area contributed by atoms with Gasteiger partial charge in [-0.05, 0) is 44.1 Å². The van der Waals surface area contributed by atoms with Crippen LogP contribution < -0.4 is 5.32 Å². The van der Waals surface area contributed by atoms with Crippen molar-refractivity contribution in [2.24, 2.45) is 11.8 Å². The van der Waals surface area contributed by atoms with Gasteiger partial charge in [-0.3, -0.25) is 4.90 Å². The highest BCUT2D eigenvalue weighted by Gasteiger charge is 2.47. The first-order valence-electron chi connectivity index (χ1n) is 10.1. The summed E-state index contributed by atoms with van der Waals surface area (Å²) in [7, 11) is 0. The van der Waals surface area contributed by atoms with Gasteiger partial charge in [-0.25, -0.2) is 4.68 Å². The van der Waals surface area contributed by atoms with Gasteiger partial charge in [-0.1, -0.05) is 13.8 Å². The molecule has 4 rings (SSSR count). The van der Waals surface area contributed by atoms with Crippen molar-refractivity contribution < 1.29 is 17.9 Å². The molecule has 3 aliphatic rings. The lowest BCUT2D eigenvalue weighted by Crippen LogP contribution is -2.41. The molecule has 0 bridgehead atoms. The third-order valence-corrected chi connectivity index (χ3v) is 6.26. The lowest BCUT2D eigenvalue weighted by molar-refractivity contribution is -0.174. The summed E-state index contributed by atoms with van der Waals surface area (Å²) in [5.41, 5.74) is 0.771. The van der Waals surface area contributed by atoms with E-state index in [0.717, 1.165) is 51.3 Å². The summed E-state index contributed by atoms with van der Waals surface area (Å²) in [6, 6.07) is 0.218. The van der Waals surface area contributed by atoms with Gasteiger partial charge in [-0.15, -0.1) is 0 Å². The zero-order valence-corrected chi connectivity index (χ0v) is 16.0. The number of halogens is 3. The minimum atomic E-state index is -4.29. The van der Waals surface area contributed by atoms with E-state index in [1.54, 1.807) is 0 Å². The number of nitrogens with one attached hydrogen (secondary N) is 1. The van der Waals surface area contributed by atoms with Crippen LogP contribution in [0.15, 0.2) is 6.07 Å². The van der Waals surface area contributed by atoms with Crippen molar-refractivity contribution in [1.29, 1.82) is 0 Å². The predicted octanol–water partition coefficient (Wildman–Crippen LogP) is 4.00. The Kier molecular flexibility index (Phi) is 5.14. The van der Waals surface area contributed by atoms with Crippen LogP contribution in [0.25, 0.3) is 0 Å². The molecule has 1 N–H and O–H groups in total. The molecule has 152 valence electrons. The highest BCUT2D eigenvalue weighted by Crippen LogP contribution is 2.42. The summed E-state index contributed by atoms with van der Waals surface area (Å²) in [5.74, 6) is 1.16. The zero-order valence-electron chi connectivity index (χ0n) is 16.0. The van der Waals surface area contributed by atoms with Gasteiger partial charge in [0.2, 0.25) is 0 Å². The summed E-state index contributed by atoms with van der Waals surface area (Å²) in [6.45, 7) is 7.44. The maximum atomic E-state index is 13.7. The molecule has 2 saturated heterocycles. The van der Waals surface area contributed by atoms with E-state index in [-0.39, 0.29) is 24.4 Å². The molecule has 0 radical (unpaired) electrons. The number of ether oxygens (including phenoxy) is 1. The minimum Gasteiger partial charge on any atom is -0.381 e. The van der Waals surface area contributed by atoms with Crippen molar-refractivity contribution in [3.05, 3.63) is 11.8 Å². The van der Waals surface area contributed by atoms with Gasteiger partial charge in [0.05, 0.1) is 18.3 Å². The van der Waals surface area contributed by atoms with Crippen molar-refractivity contribution in [1.82, 2.24) is 14.7 Å². The second kappa shape index (κ2) is 7.28. The predicted molar refractivity (Wildman–Crippen MR) is 96.7 cm³/mol. The Morgan fingerprint density at radius 2 is 2.15 bits per heavy atom. The second-order valence-corrected chi connectivity index (χ2v) is 8.57. The Labute approximate surface area is 158 Å². The molecule has 1 aromatic heterocycles. The van der Waals surface area contributed by atoms with Crippen LogP contribution in [0.1, 0.15) is 57.3 Å². The average molecular weight is 386 g/mol. The van der Waals surface area contributed by atoms with Crippen LogP contribution in [0, 0.1) is 11.8 Å². The fourth-order valence-electron chi connectivity index (χ4n) is 4.66. The van der Waals surface area contributed by atoms with Gasteiger partial charge < -0.3 is 10.1 Å². The van der Waals surface area contributed by atoms with Gasteiger partial charge in [0.1, 0.15) is 5.82 Å². The van der Waals surface area contributed by atoms with Gasteiger partial charge in [-0.2, -0.15) is 18.3 Å². The molecule has 4 heterocycles. The van der Waals surface area contributed by atoms with E-state index in [4.69, 9.17) is 4.74 Å². The van der Waals surface area contributed by atoms with E-state index in [1.165, 1.54) is 4.68 Å². The van der Waals surface area contributed by atoms with Crippen molar-refractivity contribution in [2.75, 3.05) is 31.6 Å². The summed E-state index contributed by atoms with van der Waals surface area (Å²) in [6.07, 6.45) is -1.18. The SMILES string of the molecule is CC(C)[C@@H]1C[C@H](C(F)(F)F)n2nc(C3CCCN3CC3CCOC3)cc2N1. The largest absolute Gasteiger partial charge is 0.410 e. The lowest BCUT2D eigenvalue weighted by atomic mass is 9.94. The molecular formula is C19H29F3N4O. The molecule has 4 atom stereocenters. The fraction of sp³-hybridized carbons (Fsp3) is 0.842. The Morgan fingerprint density at radius 1 is 1.33 bits per heavy atom. The van der Waals surface area contributed by atoms with E-state index < -0.39 is 12.2 Å². The number of aromatic nitrogens is 2. The van der Waals surface area contributed by atoms with Gasteiger partial charge in [0.15, 0.2) is 6.04 Å².